The Bertz CT molecular complexity index is 548. The second-order valence-electron chi connectivity index (χ2n) is 4.39. The highest BCUT2D eigenvalue weighted by Crippen LogP contribution is 2.11. The van der Waals surface area contributed by atoms with Crippen molar-refractivity contribution in [3.63, 3.8) is 0 Å². The van der Waals surface area contributed by atoms with Crippen LogP contribution in [0.4, 0.5) is 0 Å². The zero-order valence-corrected chi connectivity index (χ0v) is 12.0. The molecule has 19 heavy (non-hydrogen) atoms. The van der Waals surface area contributed by atoms with Gasteiger partial charge in [0.1, 0.15) is 10.6 Å². The lowest BCUT2D eigenvalue weighted by Gasteiger charge is -2.08. The molecule has 0 unspecified atom stereocenters. The van der Waals surface area contributed by atoms with Crippen LogP contribution in [0.3, 0.4) is 0 Å². The Morgan fingerprint density at radius 1 is 1.53 bits per heavy atom. The van der Waals surface area contributed by atoms with E-state index in [0.29, 0.717) is 13.2 Å². The van der Waals surface area contributed by atoms with Crippen LogP contribution in [0.2, 0.25) is 0 Å². The van der Waals surface area contributed by atoms with Crippen LogP contribution in [-0.4, -0.2) is 38.1 Å². The number of hydrogen-bond acceptors (Lipinski definition) is 4. The topological polar surface area (TPSA) is 103 Å². The first-order chi connectivity index (χ1) is 8.71. The van der Waals surface area contributed by atoms with Crippen LogP contribution in [0.5, 0.6) is 0 Å². The van der Waals surface area contributed by atoms with Gasteiger partial charge in [0.25, 0.3) is 5.91 Å². The average Bonchev–Trinajstić information content (AvgIpc) is 2.66. The van der Waals surface area contributed by atoms with Gasteiger partial charge in [0.2, 0.25) is 10.0 Å². The standard InChI is InChI=1S/C11H19N3O4S/c1-8(2)18-5-4-13-11(15)10-6-9(7-14(10)3)19(12,16)17/h6-8H,4-5H2,1-3H3,(H,13,15)(H2,12,16,17). The molecule has 0 saturated carbocycles. The number of rotatable bonds is 6. The third-order valence-corrected chi connectivity index (χ3v) is 3.26. The number of amides is 1. The van der Waals surface area contributed by atoms with E-state index in [2.05, 4.69) is 5.32 Å². The van der Waals surface area contributed by atoms with Crippen LogP contribution >= 0.6 is 0 Å². The van der Waals surface area contributed by atoms with Gasteiger partial charge in [0, 0.05) is 19.8 Å². The van der Waals surface area contributed by atoms with Crippen molar-refractivity contribution in [2.45, 2.75) is 24.8 Å². The number of nitrogens with zero attached hydrogens (tertiary/aromatic N) is 1. The molecule has 1 amide bonds. The second kappa shape index (κ2) is 6.18. The molecule has 8 heteroatoms. The zero-order valence-electron chi connectivity index (χ0n) is 11.2. The third-order valence-electron chi connectivity index (χ3n) is 2.38. The summed E-state index contributed by atoms with van der Waals surface area (Å²) in [7, 11) is -2.22. The van der Waals surface area contributed by atoms with Crippen molar-refractivity contribution in [1.29, 1.82) is 0 Å². The summed E-state index contributed by atoms with van der Waals surface area (Å²) in [5.74, 6) is -0.371. The number of sulfonamides is 1. The predicted molar refractivity (Wildman–Crippen MR) is 70.2 cm³/mol. The van der Waals surface area contributed by atoms with E-state index in [1.54, 1.807) is 7.05 Å². The minimum Gasteiger partial charge on any atom is -0.377 e. The molecular formula is C11H19N3O4S. The van der Waals surface area contributed by atoms with E-state index < -0.39 is 10.0 Å². The lowest BCUT2D eigenvalue weighted by Crippen LogP contribution is -2.29. The molecule has 0 bridgehead atoms. The summed E-state index contributed by atoms with van der Waals surface area (Å²) in [6.45, 7) is 4.55. The Labute approximate surface area is 112 Å². The fourth-order valence-electron chi connectivity index (χ4n) is 1.47. The largest absolute Gasteiger partial charge is 0.377 e. The van der Waals surface area contributed by atoms with Crippen molar-refractivity contribution in [1.82, 2.24) is 9.88 Å². The number of carbonyl (C=O) groups is 1. The zero-order chi connectivity index (χ0) is 14.6. The highest BCUT2D eigenvalue weighted by molar-refractivity contribution is 7.89. The molecule has 0 aliphatic heterocycles. The van der Waals surface area contributed by atoms with Gasteiger partial charge in [-0.05, 0) is 19.9 Å². The summed E-state index contributed by atoms with van der Waals surface area (Å²) in [5, 5.41) is 7.64. The molecule has 108 valence electrons. The van der Waals surface area contributed by atoms with Crippen molar-refractivity contribution in [3.05, 3.63) is 18.0 Å². The number of aryl methyl sites for hydroxylation is 1. The second-order valence-corrected chi connectivity index (χ2v) is 5.95. The maximum Gasteiger partial charge on any atom is 0.268 e. The first-order valence-corrected chi connectivity index (χ1v) is 7.35. The van der Waals surface area contributed by atoms with Crippen LogP contribution in [0.15, 0.2) is 17.2 Å². The van der Waals surface area contributed by atoms with Crippen molar-refractivity contribution < 1.29 is 17.9 Å². The third kappa shape index (κ3) is 4.66. The Kier molecular flexibility index (Phi) is 5.10. The molecular weight excluding hydrogens is 270 g/mol. The molecule has 0 radical (unpaired) electrons. The van der Waals surface area contributed by atoms with Gasteiger partial charge in [-0.3, -0.25) is 4.79 Å². The van der Waals surface area contributed by atoms with E-state index in [0.717, 1.165) is 0 Å². The first-order valence-electron chi connectivity index (χ1n) is 5.80. The van der Waals surface area contributed by atoms with Crippen molar-refractivity contribution in [3.8, 4) is 0 Å². The van der Waals surface area contributed by atoms with Gasteiger partial charge in [-0.1, -0.05) is 0 Å². The average molecular weight is 289 g/mol. The lowest BCUT2D eigenvalue weighted by atomic mass is 10.4. The highest BCUT2D eigenvalue weighted by atomic mass is 32.2. The minimum atomic E-state index is -3.80. The van der Waals surface area contributed by atoms with E-state index >= 15 is 0 Å². The van der Waals surface area contributed by atoms with Crippen LogP contribution in [0, 0.1) is 0 Å². The Hall–Kier alpha value is -1.38. The normalized spacial score (nSPS) is 11.8. The fraction of sp³-hybridized carbons (Fsp3) is 0.545. The van der Waals surface area contributed by atoms with E-state index in [4.69, 9.17) is 9.88 Å². The maximum atomic E-state index is 11.8. The number of aromatic nitrogens is 1. The maximum absolute atomic E-state index is 11.8. The predicted octanol–water partition coefficient (Wildman–Crippen LogP) is -0.173. The summed E-state index contributed by atoms with van der Waals surface area (Å²) < 4.78 is 29.0. The number of nitrogens with two attached hydrogens (primary N) is 1. The van der Waals surface area contributed by atoms with E-state index in [1.807, 2.05) is 13.8 Å². The van der Waals surface area contributed by atoms with Gasteiger partial charge in [-0.15, -0.1) is 0 Å². The molecule has 7 nitrogen and oxygen atoms in total. The van der Waals surface area contributed by atoms with Crippen molar-refractivity contribution >= 4 is 15.9 Å². The molecule has 0 aliphatic carbocycles. The summed E-state index contributed by atoms with van der Waals surface area (Å²) in [6.07, 6.45) is 1.40. The van der Waals surface area contributed by atoms with Crippen molar-refractivity contribution in [2.24, 2.45) is 12.2 Å². The number of ether oxygens (including phenoxy) is 1. The fourth-order valence-corrected chi connectivity index (χ4v) is 2.05. The molecule has 1 aromatic rings. The Morgan fingerprint density at radius 3 is 2.63 bits per heavy atom. The number of primary sulfonamides is 1. The van der Waals surface area contributed by atoms with E-state index in [-0.39, 0.29) is 22.6 Å². The van der Waals surface area contributed by atoms with Crippen LogP contribution in [0.25, 0.3) is 0 Å². The molecule has 3 N–H and O–H groups in total. The minimum absolute atomic E-state index is 0.0846. The van der Waals surface area contributed by atoms with Gasteiger partial charge in [0.15, 0.2) is 0 Å². The van der Waals surface area contributed by atoms with Crippen LogP contribution < -0.4 is 10.5 Å². The molecule has 0 aromatic carbocycles. The number of hydrogen-bond donors (Lipinski definition) is 2. The van der Waals surface area contributed by atoms with Gasteiger partial charge in [0.05, 0.1) is 12.7 Å². The molecule has 1 heterocycles. The summed E-state index contributed by atoms with van der Waals surface area (Å²) in [4.78, 5) is 11.7. The first kappa shape index (κ1) is 15.7. The number of carbonyl (C=O) groups excluding carboxylic acids is 1. The Morgan fingerprint density at radius 2 is 2.16 bits per heavy atom. The summed E-state index contributed by atoms with van der Waals surface area (Å²) >= 11 is 0. The molecule has 0 saturated heterocycles. The SMILES string of the molecule is CC(C)OCCNC(=O)c1cc(S(N)(=O)=O)cn1C. The van der Waals surface area contributed by atoms with Gasteiger partial charge >= 0.3 is 0 Å². The van der Waals surface area contributed by atoms with Gasteiger partial charge in [-0.25, -0.2) is 13.6 Å². The Balaban J connectivity index is 2.65. The number of nitrogens with one attached hydrogen (secondary N) is 1. The van der Waals surface area contributed by atoms with Gasteiger partial charge < -0.3 is 14.6 Å². The lowest BCUT2D eigenvalue weighted by molar-refractivity contribution is 0.0743. The van der Waals surface area contributed by atoms with Crippen LogP contribution in [-0.2, 0) is 21.8 Å². The van der Waals surface area contributed by atoms with Crippen molar-refractivity contribution in [2.75, 3.05) is 13.2 Å². The van der Waals surface area contributed by atoms with E-state index in [1.165, 1.54) is 16.8 Å². The van der Waals surface area contributed by atoms with Gasteiger partial charge in [-0.2, -0.15) is 0 Å². The quantitative estimate of drug-likeness (QED) is 0.709. The summed E-state index contributed by atoms with van der Waals surface area (Å²) in [6, 6.07) is 1.24. The summed E-state index contributed by atoms with van der Waals surface area (Å²) in [5.41, 5.74) is 0.230. The van der Waals surface area contributed by atoms with E-state index in [9.17, 15) is 13.2 Å². The molecule has 1 rings (SSSR count). The van der Waals surface area contributed by atoms with Crippen LogP contribution in [0.1, 0.15) is 24.3 Å². The molecule has 0 aliphatic rings. The monoisotopic (exact) mass is 289 g/mol. The smallest absolute Gasteiger partial charge is 0.268 e. The molecule has 0 spiro atoms. The molecule has 0 fully saturated rings. The highest BCUT2D eigenvalue weighted by Gasteiger charge is 2.16. The molecule has 1 aromatic heterocycles. The molecule has 0 atom stereocenters.